The fraction of sp³-hybridized carbons (Fsp3) is 0.261. The number of benzene rings is 1. The fourth-order valence-corrected chi connectivity index (χ4v) is 4.00. The second kappa shape index (κ2) is 8.40. The van der Waals surface area contributed by atoms with E-state index in [2.05, 4.69) is 16.0 Å². The third kappa shape index (κ3) is 3.55. The minimum Gasteiger partial charge on any atom is -0.496 e. The zero-order valence-electron chi connectivity index (χ0n) is 17.4. The lowest BCUT2D eigenvalue weighted by atomic mass is 9.75. The topological polar surface area (TPSA) is 102 Å². The van der Waals surface area contributed by atoms with E-state index in [9.17, 15) is 10.1 Å². The van der Waals surface area contributed by atoms with Crippen molar-refractivity contribution >= 4 is 17.3 Å². The third-order valence-corrected chi connectivity index (χ3v) is 5.33. The number of pyridine rings is 1. The summed E-state index contributed by atoms with van der Waals surface area (Å²) in [7, 11) is 1.55. The minimum atomic E-state index is -0.632. The number of fused-ring (bicyclic) bond motifs is 1. The highest BCUT2D eigenvalue weighted by Crippen LogP contribution is 2.48. The van der Waals surface area contributed by atoms with E-state index in [1.807, 2.05) is 26.0 Å². The Labute approximate surface area is 179 Å². The molecule has 8 heteroatoms. The number of carbonyl (C=O) groups is 1. The maximum Gasteiger partial charge on any atom is 0.241 e. The lowest BCUT2D eigenvalue weighted by molar-refractivity contribution is 0.0860. The van der Waals surface area contributed by atoms with E-state index in [1.54, 1.807) is 37.8 Å². The van der Waals surface area contributed by atoms with Gasteiger partial charge in [-0.2, -0.15) is 5.26 Å². The highest BCUT2D eigenvalue weighted by atomic mass is 16.5. The Morgan fingerprint density at radius 1 is 1.29 bits per heavy atom. The summed E-state index contributed by atoms with van der Waals surface area (Å²) in [6.45, 7) is 4.14. The van der Waals surface area contributed by atoms with Crippen molar-refractivity contribution in [1.29, 1.82) is 5.26 Å². The summed E-state index contributed by atoms with van der Waals surface area (Å²) in [5.74, 6) is -0.338. The van der Waals surface area contributed by atoms with Crippen LogP contribution in [-0.2, 0) is 0 Å². The molecule has 0 amide bonds. The highest BCUT2D eigenvalue weighted by Gasteiger charge is 2.41. The van der Waals surface area contributed by atoms with Gasteiger partial charge in [0, 0.05) is 41.3 Å². The highest BCUT2D eigenvalue weighted by molar-refractivity contribution is 6.08. The summed E-state index contributed by atoms with van der Waals surface area (Å²) >= 11 is 0. The van der Waals surface area contributed by atoms with Gasteiger partial charge in [-0.25, -0.2) is 9.97 Å². The summed E-state index contributed by atoms with van der Waals surface area (Å²) in [6, 6.07) is 9.14. The summed E-state index contributed by atoms with van der Waals surface area (Å²) in [5.41, 5.74) is 3.30. The molecule has 1 aliphatic rings. The molecule has 2 atom stereocenters. The maximum absolute atomic E-state index is 13.5. The predicted octanol–water partition coefficient (Wildman–Crippen LogP) is 3.75. The van der Waals surface area contributed by atoms with Crippen LogP contribution in [0.5, 0.6) is 11.6 Å². The lowest BCUT2D eigenvalue weighted by Gasteiger charge is -2.33. The van der Waals surface area contributed by atoms with Gasteiger partial charge in [0.15, 0.2) is 0 Å². The quantitative estimate of drug-likeness (QED) is 0.629. The SMILES string of the molecule is CCOc1nccc2c1C(c1ccc(C#N)cc1OC)C(C(=O)n1ccnc1)C(C)=N2. The van der Waals surface area contributed by atoms with Gasteiger partial charge in [0.05, 0.1) is 37.0 Å². The molecule has 3 aromatic rings. The standard InChI is InChI=1S/C23H21N5O3/c1-4-31-22-21-17(7-8-26-22)27-14(2)19(23(29)28-10-9-25-13-28)20(21)16-6-5-15(12-24)11-18(16)30-3/h5-11,13,19-20H,4H2,1-3H3. The van der Waals surface area contributed by atoms with Crippen LogP contribution < -0.4 is 9.47 Å². The number of imidazole rings is 1. The molecule has 0 radical (unpaired) electrons. The number of aromatic nitrogens is 3. The number of hydrogen-bond acceptors (Lipinski definition) is 7. The van der Waals surface area contributed by atoms with Gasteiger partial charge in [-0.15, -0.1) is 0 Å². The molecule has 8 nitrogen and oxygen atoms in total. The van der Waals surface area contributed by atoms with Gasteiger partial charge in [0.25, 0.3) is 0 Å². The first kappa shape index (κ1) is 20.3. The molecule has 0 N–H and O–H groups in total. The largest absolute Gasteiger partial charge is 0.496 e. The smallest absolute Gasteiger partial charge is 0.241 e. The lowest BCUT2D eigenvalue weighted by Crippen LogP contribution is -2.35. The second-order valence-corrected chi connectivity index (χ2v) is 7.07. The third-order valence-electron chi connectivity index (χ3n) is 5.33. The molecule has 0 saturated heterocycles. The molecular formula is C23H21N5O3. The number of nitrogens with zero attached hydrogens (tertiary/aromatic N) is 5. The number of carbonyl (C=O) groups excluding carboxylic acids is 1. The van der Waals surface area contributed by atoms with Gasteiger partial charge in [-0.05, 0) is 32.0 Å². The van der Waals surface area contributed by atoms with Gasteiger partial charge in [0.1, 0.15) is 12.1 Å². The molecule has 0 spiro atoms. The van der Waals surface area contributed by atoms with Crippen LogP contribution in [0.1, 0.15) is 41.3 Å². The van der Waals surface area contributed by atoms with E-state index < -0.39 is 11.8 Å². The Hall–Kier alpha value is -3.99. The van der Waals surface area contributed by atoms with Crippen molar-refractivity contribution in [2.45, 2.75) is 19.8 Å². The van der Waals surface area contributed by atoms with Crippen molar-refractivity contribution in [3.63, 3.8) is 0 Å². The Morgan fingerprint density at radius 3 is 2.81 bits per heavy atom. The van der Waals surface area contributed by atoms with Crippen molar-refractivity contribution in [3.8, 4) is 17.7 Å². The zero-order valence-corrected chi connectivity index (χ0v) is 17.4. The average molecular weight is 415 g/mol. The van der Waals surface area contributed by atoms with E-state index in [-0.39, 0.29) is 5.91 Å². The van der Waals surface area contributed by atoms with Crippen LogP contribution in [0.2, 0.25) is 0 Å². The molecule has 1 aliphatic heterocycles. The molecule has 4 rings (SSSR count). The normalized spacial score (nSPS) is 17.3. The molecule has 156 valence electrons. The number of aliphatic imine (C=N–C) groups is 1. The second-order valence-electron chi connectivity index (χ2n) is 7.07. The van der Waals surface area contributed by atoms with E-state index in [1.165, 1.54) is 10.9 Å². The number of hydrogen-bond donors (Lipinski definition) is 0. The summed E-state index contributed by atoms with van der Waals surface area (Å²) in [5, 5.41) is 9.32. The molecule has 3 heterocycles. The van der Waals surface area contributed by atoms with Gasteiger partial charge in [-0.3, -0.25) is 14.4 Å². The number of ether oxygens (including phenoxy) is 2. The number of nitriles is 1. The molecular weight excluding hydrogens is 394 g/mol. The van der Waals surface area contributed by atoms with Gasteiger partial charge < -0.3 is 9.47 Å². The van der Waals surface area contributed by atoms with Crippen molar-refractivity contribution < 1.29 is 14.3 Å². The summed E-state index contributed by atoms with van der Waals surface area (Å²) in [6.07, 6.45) is 6.30. The molecule has 0 fully saturated rings. The monoisotopic (exact) mass is 415 g/mol. The van der Waals surface area contributed by atoms with E-state index in [0.717, 1.165) is 11.1 Å². The zero-order chi connectivity index (χ0) is 22.0. The van der Waals surface area contributed by atoms with Crippen molar-refractivity contribution in [3.05, 3.63) is 65.9 Å². The fourth-order valence-electron chi connectivity index (χ4n) is 4.00. The molecule has 0 aliphatic carbocycles. The first-order valence-corrected chi connectivity index (χ1v) is 9.86. The summed E-state index contributed by atoms with van der Waals surface area (Å²) < 4.78 is 12.9. The molecule has 0 saturated carbocycles. The number of methoxy groups -OCH3 is 1. The van der Waals surface area contributed by atoms with Crippen LogP contribution in [0.4, 0.5) is 5.69 Å². The predicted molar refractivity (Wildman–Crippen MR) is 114 cm³/mol. The van der Waals surface area contributed by atoms with E-state index in [0.29, 0.717) is 35.2 Å². The van der Waals surface area contributed by atoms with Gasteiger partial charge >= 0.3 is 0 Å². The van der Waals surface area contributed by atoms with Crippen LogP contribution >= 0.6 is 0 Å². The first-order chi connectivity index (χ1) is 15.1. The van der Waals surface area contributed by atoms with Crippen LogP contribution in [0, 0.1) is 17.2 Å². The Bertz CT molecular complexity index is 1190. The Kier molecular flexibility index (Phi) is 5.50. The molecule has 2 unspecified atom stereocenters. The Morgan fingerprint density at radius 2 is 2.13 bits per heavy atom. The van der Waals surface area contributed by atoms with E-state index >= 15 is 0 Å². The first-order valence-electron chi connectivity index (χ1n) is 9.86. The van der Waals surface area contributed by atoms with Crippen LogP contribution in [0.3, 0.4) is 0 Å². The van der Waals surface area contributed by atoms with Gasteiger partial charge in [0.2, 0.25) is 11.8 Å². The summed E-state index contributed by atoms with van der Waals surface area (Å²) in [4.78, 5) is 26.7. The van der Waals surface area contributed by atoms with Crippen molar-refractivity contribution in [1.82, 2.24) is 14.5 Å². The minimum absolute atomic E-state index is 0.174. The van der Waals surface area contributed by atoms with Crippen LogP contribution in [0.15, 0.2) is 54.2 Å². The molecule has 0 bridgehead atoms. The van der Waals surface area contributed by atoms with Gasteiger partial charge in [-0.1, -0.05) is 6.07 Å². The molecule has 1 aromatic carbocycles. The van der Waals surface area contributed by atoms with Crippen LogP contribution in [-0.4, -0.2) is 39.9 Å². The van der Waals surface area contributed by atoms with Crippen molar-refractivity contribution in [2.75, 3.05) is 13.7 Å². The number of rotatable bonds is 5. The van der Waals surface area contributed by atoms with E-state index in [4.69, 9.17) is 14.5 Å². The molecule has 2 aromatic heterocycles. The van der Waals surface area contributed by atoms with Crippen molar-refractivity contribution in [2.24, 2.45) is 10.9 Å². The Balaban J connectivity index is 1.99. The maximum atomic E-state index is 13.5. The van der Waals surface area contributed by atoms with Crippen LogP contribution in [0.25, 0.3) is 0 Å². The average Bonchev–Trinajstić information content (AvgIpc) is 3.32. The molecule has 31 heavy (non-hydrogen) atoms.